The van der Waals surface area contributed by atoms with Crippen LogP contribution in [0.4, 0.5) is 0 Å². The Kier molecular flexibility index (Phi) is 6.86. The van der Waals surface area contributed by atoms with Crippen molar-refractivity contribution < 1.29 is 8.42 Å². The van der Waals surface area contributed by atoms with E-state index in [1.165, 1.54) is 0 Å². The highest BCUT2D eigenvalue weighted by molar-refractivity contribution is 7.91. The summed E-state index contributed by atoms with van der Waals surface area (Å²) in [6.07, 6.45) is 2.46. The standard InChI is InChI=1S/C14H31NO2S/c1-7-10-18(16,17)11-9-14(6,8-2)12-15-13(3,4)5/h15H,7-12H2,1-6H3. The summed E-state index contributed by atoms with van der Waals surface area (Å²) < 4.78 is 23.5. The minimum absolute atomic E-state index is 0.0636. The molecule has 0 saturated carbocycles. The van der Waals surface area contributed by atoms with Gasteiger partial charge in [0.25, 0.3) is 0 Å². The summed E-state index contributed by atoms with van der Waals surface area (Å²) in [5.41, 5.74) is 0.146. The van der Waals surface area contributed by atoms with Gasteiger partial charge in [-0.3, -0.25) is 0 Å². The first-order valence-electron chi connectivity index (χ1n) is 6.99. The molecule has 0 bridgehead atoms. The number of sulfone groups is 1. The Bertz CT molecular complexity index is 330. The Morgan fingerprint density at radius 1 is 1.00 bits per heavy atom. The average Bonchev–Trinajstić information content (AvgIpc) is 2.23. The maximum Gasteiger partial charge on any atom is 0.150 e. The van der Waals surface area contributed by atoms with E-state index in [2.05, 4.69) is 39.9 Å². The van der Waals surface area contributed by atoms with Crippen LogP contribution in [0.2, 0.25) is 0 Å². The zero-order valence-electron chi connectivity index (χ0n) is 13.0. The van der Waals surface area contributed by atoms with Gasteiger partial charge < -0.3 is 5.32 Å². The Hall–Kier alpha value is -0.0900. The molecule has 0 radical (unpaired) electrons. The lowest BCUT2D eigenvalue weighted by molar-refractivity contribution is 0.249. The SMILES string of the molecule is CCCS(=O)(=O)CCC(C)(CC)CNC(C)(C)C. The van der Waals surface area contributed by atoms with Gasteiger partial charge in [-0.15, -0.1) is 0 Å². The van der Waals surface area contributed by atoms with Crippen LogP contribution >= 0.6 is 0 Å². The monoisotopic (exact) mass is 277 g/mol. The van der Waals surface area contributed by atoms with Crippen LogP contribution in [0.3, 0.4) is 0 Å². The molecule has 0 aromatic heterocycles. The normalized spacial score (nSPS) is 16.6. The van der Waals surface area contributed by atoms with Gasteiger partial charge >= 0.3 is 0 Å². The summed E-state index contributed by atoms with van der Waals surface area (Å²) in [6.45, 7) is 13.5. The van der Waals surface area contributed by atoms with Crippen molar-refractivity contribution in [2.75, 3.05) is 18.1 Å². The molecule has 0 aliphatic heterocycles. The fourth-order valence-corrected chi connectivity index (χ4v) is 3.31. The van der Waals surface area contributed by atoms with Gasteiger partial charge in [-0.2, -0.15) is 0 Å². The molecular formula is C14H31NO2S. The van der Waals surface area contributed by atoms with Gasteiger partial charge in [-0.25, -0.2) is 8.42 Å². The molecule has 0 aliphatic rings. The van der Waals surface area contributed by atoms with E-state index in [9.17, 15) is 8.42 Å². The number of nitrogens with one attached hydrogen (secondary N) is 1. The van der Waals surface area contributed by atoms with Gasteiger partial charge in [0.15, 0.2) is 0 Å². The van der Waals surface area contributed by atoms with Crippen molar-refractivity contribution >= 4 is 9.84 Å². The summed E-state index contributed by atoms with van der Waals surface area (Å²) in [4.78, 5) is 0. The lowest BCUT2D eigenvalue weighted by Gasteiger charge is -2.33. The third-order valence-electron chi connectivity index (χ3n) is 3.43. The van der Waals surface area contributed by atoms with Gasteiger partial charge in [0.05, 0.1) is 5.75 Å². The summed E-state index contributed by atoms with van der Waals surface area (Å²) in [7, 11) is -2.86. The van der Waals surface area contributed by atoms with Gasteiger partial charge in [0, 0.05) is 17.8 Å². The Balaban J connectivity index is 4.40. The maximum atomic E-state index is 11.8. The molecule has 110 valence electrons. The van der Waals surface area contributed by atoms with E-state index in [4.69, 9.17) is 0 Å². The summed E-state index contributed by atoms with van der Waals surface area (Å²) in [5, 5.41) is 3.49. The zero-order valence-corrected chi connectivity index (χ0v) is 13.8. The molecule has 0 fully saturated rings. The molecule has 0 rings (SSSR count). The smallest absolute Gasteiger partial charge is 0.150 e. The predicted molar refractivity (Wildman–Crippen MR) is 79.7 cm³/mol. The molecule has 0 aromatic carbocycles. The molecule has 1 unspecified atom stereocenters. The van der Waals surface area contributed by atoms with Crippen molar-refractivity contribution in [3.8, 4) is 0 Å². The number of hydrogen-bond donors (Lipinski definition) is 1. The van der Waals surface area contributed by atoms with Crippen molar-refractivity contribution in [3.63, 3.8) is 0 Å². The molecular weight excluding hydrogens is 246 g/mol. The van der Waals surface area contributed by atoms with Crippen LogP contribution in [0.5, 0.6) is 0 Å². The second-order valence-electron chi connectivity index (χ2n) is 6.67. The predicted octanol–water partition coefficient (Wildman–Crippen LogP) is 3.01. The minimum atomic E-state index is -2.86. The van der Waals surface area contributed by atoms with Crippen LogP contribution in [-0.4, -0.2) is 32.0 Å². The van der Waals surface area contributed by atoms with Crippen LogP contribution in [0.15, 0.2) is 0 Å². The Morgan fingerprint density at radius 3 is 1.94 bits per heavy atom. The minimum Gasteiger partial charge on any atom is -0.312 e. The van der Waals surface area contributed by atoms with Crippen LogP contribution in [-0.2, 0) is 9.84 Å². The van der Waals surface area contributed by atoms with E-state index in [1.54, 1.807) is 0 Å². The molecule has 0 spiro atoms. The Morgan fingerprint density at radius 2 is 1.56 bits per heavy atom. The van der Waals surface area contributed by atoms with Crippen molar-refractivity contribution in [3.05, 3.63) is 0 Å². The average molecular weight is 277 g/mol. The second kappa shape index (κ2) is 6.90. The summed E-state index contributed by atoms with van der Waals surface area (Å²) in [6, 6.07) is 0. The van der Waals surface area contributed by atoms with Crippen LogP contribution in [0.25, 0.3) is 0 Å². The van der Waals surface area contributed by atoms with Gasteiger partial charge in [0.1, 0.15) is 9.84 Å². The first-order chi connectivity index (χ1) is 8.04. The molecule has 0 amide bonds. The first kappa shape index (κ1) is 17.9. The third-order valence-corrected chi connectivity index (χ3v) is 5.29. The van der Waals surface area contributed by atoms with Crippen molar-refractivity contribution in [2.45, 2.75) is 66.3 Å². The first-order valence-corrected chi connectivity index (χ1v) is 8.81. The van der Waals surface area contributed by atoms with E-state index in [-0.39, 0.29) is 11.0 Å². The van der Waals surface area contributed by atoms with Gasteiger partial charge in [0.2, 0.25) is 0 Å². The van der Waals surface area contributed by atoms with E-state index in [1.807, 2.05) is 6.92 Å². The summed E-state index contributed by atoms with van der Waals surface area (Å²) in [5.74, 6) is 0.635. The fourth-order valence-electron chi connectivity index (χ4n) is 1.68. The number of hydrogen-bond acceptors (Lipinski definition) is 3. The van der Waals surface area contributed by atoms with Gasteiger partial charge in [-0.05, 0) is 45.4 Å². The van der Waals surface area contributed by atoms with Crippen LogP contribution < -0.4 is 5.32 Å². The van der Waals surface area contributed by atoms with Gasteiger partial charge in [-0.1, -0.05) is 20.8 Å². The zero-order chi connectivity index (χ0) is 14.4. The molecule has 0 saturated heterocycles. The van der Waals surface area contributed by atoms with Crippen molar-refractivity contribution in [1.29, 1.82) is 0 Å². The molecule has 4 heteroatoms. The van der Waals surface area contributed by atoms with Crippen molar-refractivity contribution in [2.24, 2.45) is 5.41 Å². The van der Waals surface area contributed by atoms with E-state index < -0.39 is 9.84 Å². The second-order valence-corrected chi connectivity index (χ2v) is 8.97. The van der Waals surface area contributed by atoms with E-state index >= 15 is 0 Å². The largest absolute Gasteiger partial charge is 0.312 e. The molecule has 0 aromatic rings. The molecule has 0 aliphatic carbocycles. The highest BCUT2D eigenvalue weighted by Gasteiger charge is 2.26. The highest BCUT2D eigenvalue weighted by atomic mass is 32.2. The fraction of sp³-hybridized carbons (Fsp3) is 1.00. The Labute approximate surface area is 114 Å². The molecule has 1 N–H and O–H groups in total. The molecule has 3 nitrogen and oxygen atoms in total. The van der Waals surface area contributed by atoms with E-state index in [0.717, 1.165) is 19.4 Å². The molecule has 0 heterocycles. The number of rotatable bonds is 8. The van der Waals surface area contributed by atoms with Crippen LogP contribution in [0.1, 0.15) is 60.8 Å². The van der Waals surface area contributed by atoms with Crippen LogP contribution in [0, 0.1) is 5.41 Å². The maximum absolute atomic E-state index is 11.8. The highest BCUT2D eigenvalue weighted by Crippen LogP contribution is 2.26. The molecule has 1 atom stereocenters. The lowest BCUT2D eigenvalue weighted by Crippen LogP contribution is -2.43. The molecule has 18 heavy (non-hydrogen) atoms. The third kappa shape index (κ3) is 8.09. The quantitative estimate of drug-likeness (QED) is 0.742. The lowest BCUT2D eigenvalue weighted by atomic mass is 9.84. The summed E-state index contributed by atoms with van der Waals surface area (Å²) >= 11 is 0. The van der Waals surface area contributed by atoms with Crippen molar-refractivity contribution in [1.82, 2.24) is 5.32 Å². The van der Waals surface area contributed by atoms with E-state index in [0.29, 0.717) is 17.9 Å². The topological polar surface area (TPSA) is 46.2 Å².